The summed E-state index contributed by atoms with van der Waals surface area (Å²) in [7, 11) is 0. The number of hydrogen-bond donors (Lipinski definition) is 2. The Labute approximate surface area is 162 Å². The van der Waals surface area contributed by atoms with Crippen LogP contribution in [0, 0.1) is 12.7 Å². The number of amides is 1. The number of aromatic amines is 1. The van der Waals surface area contributed by atoms with Crippen molar-refractivity contribution >= 4 is 49.8 Å². The molecule has 0 atom stereocenters. The zero-order chi connectivity index (χ0) is 19.1. The molecule has 27 heavy (non-hydrogen) atoms. The third-order valence-corrected chi connectivity index (χ3v) is 5.84. The Balaban J connectivity index is 1.68. The molecule has 0 aliphatic rings. The average molecular weight is 401 g/mol. The lowest BCUT2D eigenvalue weighted by molar-refractivity contribution is 0.0955. The maximum atomic E-state index is 13.1. The zero-order valence-electron chi connectivity index (χ0n) is 14.2. The summed E-state index contributed by atoms with van der Waals surface area (Å²) < 4.78 is 13.9. The third-order valence-electron chi connectivity index (χ3n) is 4.32. The lowest BCUT2D eigenvalue weighted by atomic mass is 10.1. The molecule has 7 heteroatoms. The van der Waals surface area contributed by atoms with Crippen LogP contribution < -0.4 is 10.9 Å². The first kappa shape index (κ1) is 17.7. The van der Waals surface area contributed by atoms with Crippen LogP contribution in [-0.4, -0.2) is 10.9 Å². The lowest BCUT2D eigenvalue weighted by Gasteiger charge is -2.06. The van der Waals surface area contributed by atoms with Gasteiger partial charge in [-0.25, -0.2) is 4.39 Å². The van der Waals surface area contributed by atoms with Crippen molar-refractivity contribution in [3.05, 3.63) is 79.7 Å². The second-order valence-electron chi connectivity index (χ2n) is 6.28. The molecular weight excluding hydrogens is 387 g/mol. The van der Waals surface area contributed by atoms with E-state index in [4.69, 9.17) is 11.6 Å². The number of H-pyrrole nitrogens is 1. The molecule has 0 unspecified atom stereocenters. The van der Waals surface area contributed by atoms with E-state index in [1.54, 1.807) is 6.07 Å². The summed E-state index contributed by atoms with van der Waals surface area (Å²) in [6.45, 7) is 2.15. The molecule has 0 bridgehead atoms. The van der Waals surface area contributed by atoms with Crippen molar-refractivity contribution in [1.29, 1.82) is 0 Å². The standard InChI is InChI=1S/C20H14ClFN2O2S/c1-10-2-5-16-13(6-10)18-14(19(25)24-16)8-17(27-18)20(26)23-9-11-3-4-12(22)7-15(11)21/h2-8H,9H2,1H3,(H,23,26)(H,24,25). The minimum absolute atomic E-state index is 0.169. The summed E-state index contributed by atoms with van der Waals surface area (Å²) in [5.41, 5.74) is 2.20. The predicted molar refractivity (Wildman–Crippen MR) is 107 cm³/mol. The monoisotopic (exact) mass is 400 g/mol. The molecule has 1 amide bonds. The fraction of sp³-hybridized carbons (Fsp3) is 0.100. The van der Waals surface area contributed by atoms with E-state index in [-0.39, 0.29) is 23.0 Å². The van der Waals surface area contributed by atoms with Crippen molar-refractivity contribution < 1.29 is 9.18 Å². The molecule has 4 rings (SSSR count). The van der Waals surface area contributed by atoms with E-state index in [0.717, 1.165) is 21.2 Å². The van der Waals surface area contributed by atoms with Crippen LogP contribution >= 0.6 is 22.9 Å². The van der Waals surface area contributed by atoms with Crippen LogP contribution in [0.4, 0.5) is 4.39 Å². The number of halogens is 2. The van der Waals surface area contributed by atoms with Gasteiger partial charge < -0.3 is 10.3 Å². The average Bonchev–Trinajstić information content (AvgIpc) is 3.08. The van der Waals surface area contributed by atoms with Crippen molar-refractivity contribution in [2.24, 2.45) is 0 Å². The predicted octanol–water partition coefficient (Wildman–Crippen LogP) is 4.77. The molecule has 0 radical (unpaired) electrons. The molecule has 2 heterocycles. The van der Waals surface area contributed by atoms with Crippen molar-refractivity contribution in [2.45, 2.75) is 13.5 Å². The van der Waals surface area contributed by atoms with Gasteiger partial charge >= 0.3 is 0 Å². The van der Waals surface area contributed by atoms with Crippen LogP contribution in [-0.2, 0) is 6.54 Å². The molecule has 0 saturated carbocycles. The Bertz CT molecular complexity index is 1260. The number of aryl methyl sites for hydroxylation is 1. The van der Waals surface area contributed by atoms with E-state index < -0.39 is 5.82 Å². The van der Waals surface area contributed by atoms with Gasteiger partial charge in [-0.3, -0.25) is 9.59 Å². The number of fused-ring (bicyclic) bond motifs is 3. The third kappa shape index (κ3) is 3.34. The van der Waals surface area contributed by atoms with Gasteiger partial charge in [-0.15, -0.1) is 11.3 Å². The Morgan fingerprint density at radius 1 is 1.19 bits per heavy atom. The smallest absolute Gasteiger partial charge is 0.261 e. The summed E-state index contributed by atoms with van der Waals surface area (Å²) in [4.78, 5) is 28.2. The van der Waals surface area contributed by atoms with E-state index in [9.17, 15) is 14.0 Å². The number of carbonyl (C=O) groups is 1. The first-order valence-electron chi connectivity index (χ1n) is 8.20. The fourth-order valence-electron chi connectivity index (χ4n) is 2.94. The fourth-order valence-corrected chi connectivity index (χ4v) is 4.28. The number of pyridine rings is 1. The van der Waals surface area contributed by atoms with E-state index in [2.05, 4.69) is 10.3 Å². The minimum atomic E-state index is -0.430. The number of thiophene rings is 1. The van der Waals surface area contributed by atoms with Gasteiger partial charge in [-0.05, 0) is 42.8 Å². The molecule has 136 valence electrons. The maximum Gasteiger partial charge on any atom is 0.261 e. The molecule has 2 aromatic heterocycles. The van der Waals surface area contributed by atoms with Gasteiger partial charge in [0.1, 0.15) is 5.82 Å². The van der Waals surface area contributed by atoms with E-state index in [1.165, 1.54) is 29.5 Å². The normalized spacial score (nSPS) is 11.2. The topological polar surface area (TPSA) is 62.0 Å². The summed E-state index contributed by atoms with van der Waals surface area (Å²) in [5.74, 6) is -0.738. The van der Waals surface area contributed by atoms with Gasteiger partial charge in [0.15, 0.2) is 0 Å². The number of rotatable bonds is 3. The molecule has 0 aliphatic heterocycles. The first-order valence-corrected chi connectivity index (χ1v) is 9.40. The van der Waals surface area contributed by atoms with E-state index in [1.807, 2.05) is 25.1 Å². The number of carbonyl (C=O) groups excluding carboxylic acids is 1. The molecule has 4 nitrogen and oxygen atoms in total. The number of benzene rings is 2. The van der Waals surface area contributed by atoms with Crippen molar-refractivity contribution in [3.8, 4) is 0 Å². The van der Waals surface area contributed by atoms with Crippen LogP contribution in [0.2, 0.25) is 5.02 Å². The molecule has 2 N–H and O–H groups in total. The molecular formula is C20H14ClFN2O2S. The summed E-state index contributed by atoms with van der Waals surface area (Å²) in [5, 5.41) is 4.42. The Morgan fingerprint density at radius 3 is 2.78 bits per heavy atom. The van der Waals surface area contributed by atoms with Gasteiger partial charge in [0.05, 0.1) is 10.3 Å². The second kappa shape index (κ2) is 6.79. The van der Waals surface area contributed by atoms with Gasteiger partial charge in [0.2, 0.25) is 0 Å². The van der Waals surface area contributed by atoms with Crippen LogP contribution in [0.25, 0.3) is 21.0 Å². The summed E-state index contributed by atoms with van der Waals surface area (Å²) in [6.07, 6.45) is 0. The highest BCUT2D eigenvalue weighted by atomic mass is 35.5. The lowest BCUT2D eigenvalue weighted by Crippen LogP contribution is -2.22. The summed E-state index contributed by atoms with van der Waals surface area (Å²) in [6, 6.07) is 11.4. The van der Waals surface area contributed by atoms with Gasteiger partial charge in [0.25, 0.3) is 11.5 Å². The largest absolute Gasteiger partial charge is 0.347 e. The quantitative estimate of drug-likeness (QED) is 0.520. The van der Waals surface area contributed by atoms with E-state index >= 15 is 0 Å². The SMILES string of the molecule is Cc1ccc2[nH]c(=O)c3cc(C(=O)NCc4ccc(F)cc4Cl)sc3c2c1. The van der Waals surface area contributed by atoms with Crippen LogP contribution in [0.5, 0.6) is 0 Å². The molecule has 0 spiro atoms. The Hall–Kier alpha value is -2.70. The van der Waals surface area contributed by atoms with Gasteiger partial charge in [-0.2, -0.15) is 0 Å². The molecule has 4 aromatic rings. The molecule has 0 saturated heterocycles. The molecule has 0 aliphatic carbocycles. The molecule has 0 fully saturated rings. The van der Waals surface area contributed by atoms with Crippen LogP contribution in [0.1, 0.15) is 20.8 Å². The summed E-state index contributed by atoms with van der Waals surface area (Å²) >= 11 is 7.26. The Kier molecular flexibility index (Phi) is 4.45. The van der Waals surface area contributed by atoms with E-state index in [0.29, 0.717) is 15.8 Å². The van der Waals surface area contributed by atoms with Gasteiger partial charge in [-0.1, -0.05) is 29.3 Å². The molecule has 2 aromatic carbocycles. The Morgan fingerprint density at radius 2 is 2.00 bits per heavy atom. The maximum absolute atomic E-state index is 13.1. The highest BCUT2D eigenvalue weighted by molar-refractivity contribution is 7.21. The minimum Gasteiger partial charge on any atom is -0.347 e. The number of nitrogens with one attached hydrogen (secondary N) is 2. The second-order valence-corrected chi connectivity index (χ2v) is 7.73. The van der Waals surface area contributed by atoms with Crippen LogP contribution in [0.15, 0.2) is 47.3 Å². The highest BCUT2D eigenvalue weighted by Gasteiger charge is 2.15. The first-order chi connectivity index (χ1) is 12.9. The van der Waals surface area contributed by atoms with Crippen molar-refractivity contribution in [2.75, 3.05) is 0 Å². The zero-order valence-corrected chi connectivity index (χ0v) is 15.8. The van der Waals surface area contributed by atoms with Crippen LogP contribution in [0.3, 0.4) is 0 Å². The van der Waals surface area contributed by atoms with Gasteiger partial charge in [0, 0.05) is 27.2 Å². The number of hydrogen-bond acceptors (Lipinski definition) is 3. The highest BCUT2D eigenvalue weighted by Crippen LogP contribution is 2.30. The van der Waals surface area contributed by atoms with Crippen molar-refractivity contribution in [1.82, 2.24) is 10.3 Å². The van der Waals surface area contributed by atoms with Crippen molar-refractivity contribution in [3.63, 3.8) is 0 Å². The number of aromatic nitrogens is 1.